The molecule has 25 heavy (non-hydrogen) atoms. The maximum atomic E-state index is 12.5. The summed E-state index contributed by atoms with van der Waals surface area (Å²) >= 11 is 12.0. The SMILES string of the molecule is CC(C(=O)NCC(=O)O)N1C(=O)/C(=C/c2cc(Cl)ccc2O)SC1=S. The molecule has 0 bridgehead atoms. The molecule has 1 heterocycles. The lowest BCUT2D eigenvalue weighted by molar-refractivity contribution is -0.139. The first kappa shape index (κ1) is 19.2. The third-order valence-corrected chi connectivity index (χ3v) is 4.85. The van der Waals surface area contributed by atoms with Crippen LogP contribution in [0.3, 0.4) is 0 Å². The highest BCUT2D eigenvalue weighted by molar-refractivity contribution is 8.26. The molecule has 1 aromatic rings. The average molecular weight is 401 g/mol. The summed E-state index contributed by atoms with van der Waals surface area (Å²) in [5, 5.41) is 21.0. The third kappa shape index (κ3) is 4.50. The van der Waals surface area contributed by atoms with Gasteiger partial charge in [-0.05, 0) is 31.2 Å². The largest absolute Gasteiger partial charge is 0.507 e. The molecule has 0 aliphatic carbocycles. The molecule has 0 radical (unpaired) electrons. The average Bonchev–Trinajstić information content (AvgIpc) is 2.81. The Hall–Kier alpha value is -2.10. The minimum absolute atomic E-state index is 0.0538. The molecular weight excluding hydrogens is 388 g/mol. The Labute approximate surface area is 157 Å². The second kappa shape index (κ2) is 7.85. The minimum atomic E-state index is -1.19. The Kier molecular flexibility index (Phi) is 6.04. The Balaban J connectivity index is 2.21. The number of thioether (sulfide) groups is 1. The molecule has 132 valence electrons. The monoisotopic (exact) mass is 400 g/mol. The quantitative estimate of drug-likeness (QED) is 0.511. The zero-order chi connectivity index (χ0) is 18.7. The van der Waals surface area contributed by atoms with Crippen molar-refractivity contribution in [3.05, 3.63) is 33.7 Å². The number of carbonyl (C=O) groups is 3. The second-order valence-electron chi connectivity index (χ2n) is 5.04. The molecule has 1 aliphatic heterocycles. The van der Waals surface area contributed by atoms with Gasteiger partial charge in [-0.1, -0.05) is 35.6 Å². The second-order valence-corrected chi connectivity index (χ2v) is 7.15. The van der Waals surface area contributed by atoms with E-state index in [1.54, 1.807) is 0 Å². The van der Waals surface area contributed by atoms with Crippen molar-refractivity contribution in [2.24, 2.45) is 0 Å². The number of phenolic OH excluding ortho intramolecular Hbond substituents is 1. The molecule has 0 aromatic heterocycles. The number of thiocarbonyl (C=S) groups is 1. The van der Waals surface area contributed by atoms with Gasteiger partial charge in [0, 0.05) is 10.6 Å². The number of carboxylic acid groups (broad SMARTS) is 1. The highest BCUT2D eigenvalue weighted by Crippen LogP contribution is 2.35. The van der Waals surface area contributed by atoms with Gasteiger partial charge in [0.05, 0.1) is 4.91 Å². The summed E-state index contributed by atoms with van der Waals surface area (Å²) in [7, 11) is 0. The molecule has 2 rings (SSSR count). The van der Waals surface area contributed by atoms with Gasteiger partial charge in [0.1, 0.15) is 22.7 Å². The van der Waals surface area contributed by atoms with Crippen molar-refractivity contribution in [2.45, 2.75) is 13.0 Å². The lowest BCUT2D eigenvalue weighted by Gasteiger charge is -2.21. The van der Waals surface area contributed by atoms with E-state index in [0.717, 1.165) is 16.7 Å². The molecule has 1 aliphatic rings. The van der Waals surface area contributed by atoms with Crippen LogP contribution in [0, 0.1) is 0 Å². The molecule has 2 amide bonds. The van der Waals surface area contributed by atoms with Crippen LogP contribution in [0.5, 0.6) is 5.75 Å². The van der Waals surface area contributed by atoms with Crippen molar-refractivity contribution >= 4 is 63.8 Å². The summed E-state index contributed by atoms with van der Waals surface area (Å²) in [6, 6.07) is 3.43. The molecule has 1 fully saturated rings. The maximum Gasteiger partial charge on any atom is 0.322 e. The number of nitrogens with zero attached hydrogens (tertiary/aromatic N) is 1. The van der Waals surface area contributed by atoms with Gasteiger partial charge in [-0.25, -0.2) is 0 Å². The van der Waals surface area contributed by atoms with Gasteiger partial charge < -0.3 is 15.5 Å². The number of aliphatic carboxylic acids is 1. The topological polar surface area (TPSA) is 107 Å². The van der Waals surface area contributed by atoms with Crippen LogP contribution in [0.1, 0.15) is 12.5 Å². The van der Waals surface area contributed by atoms with Crippen molar-refractivity contribution in [1.82, 2.24) is 10.2 Å². The zero-order valence-electron chi connectivity index (χ0n) is 12.9. The molecule has 1 saturated heterocycles. The van der Waals surface area contributed by atoms with Crippen LogP contribution in [0.25, 0.3) is 6.08 Å². The Morgan fingerprint density at radius 2 is 2.16 bits per heavy atom. The van der Waals surface area contributed by atoms with E-state index in [0.29, 0.717) is 10.6 Å². The first-order valence-corrected chi connectivity index (χ1v) is 8.56. The van der Waals surface area contributed by atoms with Gasteiger partial charge in [0.25, 0.3) is 5.91 Å². The van der Waals surface area contributed by atoms with E-state index < -0.39 is 30.4 Å². The number of nitrogens with one attached hydrogen (secondary N) is 1. The lowest BCUT2D eigenvalue weighted by Crippen LogP contribution is -2.48. The molecule has 7 nitrogen and oxygen atoms in total. The van der Waals surface area contributed by atoms with Crippen LogP contribution < -0.4 is 5.32 Å². The fourth-order valence-electron chi connectivity index (χ4n) is 2.02. The van der Waals surface area contributed by atoms with Crippen molar-refractivity contribution in [2.75, 3.05) is 6.54 Å². The summed E-state index contributed by atoms with van der Waals surface area (Å²) in [4.78, 5) is 36.4. The van der Waals surface area contributed by atoms with E-state index in [-0.39, 0.29) is 15.0 Å². The number of amides is 2. The van der Waals surface area contributed by atoms with Gasteiger partial charge in [-0.15, -0.1) is 0 Å². The summed E-state index contributed by atoms with van der Waals surface area (Å²) in [5.74, 6) is -2.39. The fraction of sp³-hybridized carbons (Fsp3) is 0.200. The molecule has 3 N–H and O–H groups in total. The molecule has 0 saturated carbocycles. The number of carboxylic acids is 1. The minimum Gasteiger partial charge on any atom is -0.507 e. The summed E-state index contributed by atoms with van der Waals surface area (Å²) in [6.45, 7) is 0.895. The molecular formula is C15H13ClN2O5S2. The van der Waals surface area contributed by atoms with Gasteiger partial charge in [0.2, 0.25) is 5.91 Å². The summed E-state index contributed by atoms with van der Waals surface area (Å²) in [5.41, 5.74) is 0.344. The van der Waals surface area contributed by atoms with Crippen LogP contribution in [-0.2, 0) is 14.4 Å². The van der Waals surface area contributed by atoms with Crippen molar-refractivity contribution in [3.63, 3.8) is 0 Å². The number of hydrogen-bond donors (Lipinski definition) is 3. The number of benzene rings is 1. The Morgan fingerprint density at radius 3 is 2.80 bits per heavy atom. The first-order chi connectivity index (χ1) is 11.7. The highest BCUT2D eigenvalue weighted by atomic mass is 35.5. The van der Waals surface area contributed by atoms with E-state index in [4.69, 9.17) is 28.9 Å². The van der Waals surface area contributed by atoms with Gasteiger partial charge in [-0.3, -0.25) is 19.3 Å². The molecule has 0 spiro atoms. The smallest absolute Gasteiger partial charge is 0.322 e. The van der Waals surface area contributed by atoms with E-state index >= 15 is 0 Å². The van der Waals surface area contributed by atoms with Crippen molar-refractivity contribution in [3.8, 4) is 5.75 Å². The van der Waals surface area contributed by atoms with Crippen LogP contribution in [-0.4, -0.2) is 49.8 Å². The number of halogens is 1. The molecule has 1 atom stereocenters. The van der Waals surface area contributed by atoms with Crippen LogP contribution >= 0.6 is 35.6 Å². The molecule has 10 heteroatoms. The lowest BCUT2D eigenvalue weighted by atomic mass is 10.1. The predicted molar refractivity (Wildman–Crippen MR) is 98.2 cm³/mol. The van der Waals surface area contributed by atoms with Crippen LogP contribution in [0.15, 0.2) is 23.1 Å². The normalized spacial score (nSPS) is 17.0. The Morgan fingerprint density at radius 1 is 1.48 bits per heavy atom. The number of rotatable bonds is 5. The van der Waals surface area contributed by atoms with E-state index in [2.05, 4.69) is 5.32 Å². The van der Waals surface area contributed by atoms with E-state index in [1.807, 2.05) is 0 Å². The van der Waals surface area contributed by atoms with Crippen molar-refractivity contribution in [1.29, 1.82) is 0 Å². The standard InChI is InChI=1S/C15H13ClN2O5S2/c1-7(13(22)17-6-12(20)21)18-14(23)11(25-15(18)24)5-8-4-9(16)2-3-10(8)19/h2-5,7,19H,6H2,1H3,(H,17,22)(H,20,21)/b11-5-. The van der Waals surface area contributed by atoms with Crippen LogP contribution in [0.2, 0.25) is 5.02 Å². The number of hydrogen-bond acceptors (Lipinski definition) is 6. The Bertz CT molecular complexity index is 796. The molecule has 1 aromatic carbocycles. The number of carbonyl (C=O) groups excluding carboxylic acids is 2. The number of phenols is 1. The van der Waals surface area contributed by atoms with Gasteiger partial charge >= 0.3 is 5.97 Å². The summed E-state index contributed by atoms with van der Waals surface area (Å²) in [6.07, 6.45) is 1.43. The predicted octanol–water partition coefficient (Wildman–Crippen LogP) is 1.84. The highest BCUT2D eigenvalue weighted by Gasteiger charge is 2.38. The van der Waals surface area contributed by atoms with Gasteiger partial charge in [0.15, 0.2) is 0 Å². The van der Waals surface area contributed by atoms with Crippen molar-refractivity contribution < 1.29 is 24.6 Å². The molecule has 1 unspecified atom stereocenters. The maximum absolute atomic E-state index is 12.5. The first-order valence-electron chi connectivity index (χ1n) is 6.95. The van der Waals surface area contributed by atoms with E-state index in [1.165, 1.54) is 31.2 Å². The third-order valence-electron chi connectivity index (χ3n) is 3.28. The fourth-order valence-corrected chi connectivity index (χ4v) is 3.61. The number of aromatic hydroxyl groups is 1. The van der Waals surface area contributed by atoms with E-state index in [9.17, 15) is 19.5 Å². The van der Waals surface area contributed by atoms with Crippen LogP contribution in [0.4, 0.5) is 0 Å². The zero-order valence-corrected chi connectivity index (χ0v) is 15.2. The van der Waals surface area contributed by atoms with Gasteiger partial charge in [-0.2, -0.15) is 0 Å². The summed E-state index contributed by atoms with van der Waals surface area (Å²) < 4.78 is 0.163.